The molecule has 4 nitrogen and oxygen atoms in total. The fourth-order valence-corrected chi connectivity index (χ4v) is 2.76. The van der Waals surface area contributed by atoms with Crippen LogP contribution in [0.5, 0.6) is 0 Å². The number of aliphatic hydroxyl groups excluding tert-OH is 1. The molecule has 0 spiro atoms. The number of benzene rings is 2. The first kappa shape index (κ1) is 13.9. The lowest BCUT2D eigenvalue weighted by Gasteiger charge is -2.12. The van der Waals surface area contributed by atoms with Gasteiger partial charge in [0.2, 0.25) is 0 Å². The normalized spacial score (nSPS) is 12.8. The van der Waals surface area contributed by atoms with E-state index in [1.54, 1.807) is 41.4 Å². The van der Waals surface area contributed by atoms with Crippen LogP contribution >= 0.6 is 11.6 Å². The highest BCUT2D eigenvalue weighted by Crippen LogP contribution is 2.26. The minimum atomic E-state index is -0.775. The summed E-state index contributed by atoms with van der Waals surface area (Å²) in [6.45, 7) is 0. The highest BCUT2D eigenvalue weighted by Gasteiger charge is 2.14. The molecule has 2 aromatic carbocycles. The van der Waals surface area contributed by atoms with Crippen molar-refractivity contribution in [1.82, 2.24) is 9.13 Å². The van der Waals surface area contributed by atoms with E-state index < -0.39 is 6.10 Å². The van der Waals surface area contributed by atoms with Crippen molar-refractivity contribution >= 4 is 22.6 Å². The third kappa shape index (κ3) is 2.26. The monoisotopic (exact) mass is 302 g/mol. The molecule has 0 aliphatic rings. The van der Waals surface area contributed by atoms with Crippen LogP contribution in [0.15, 0.2) is 47.3 Å². The largest absolute Gasteiger partial charge is 0.384 e. The number of aryl methyl sites for hydroxylation is 2. The molecule has 21 heavy (non-hydrogen) atoms. The first-order chi connectivity index (χ1) is 9.99. The van der Waals surface area contributed by atoms with Crippen LogP contribution < -0.4 is 5.69 Å². The fourth-order valence-electron chi connectivity index (χ4n) is 2.56. The van der Waals surface area contributed by atoms with Crippen molar-refractivity contribution in [1.29, 1.82) is 0 Å². The SMILES string of the molecule is Cn1c(=O)n(C)c2cc(C(O)c3cccc(Cl)c3)ccc21. The van der Waals surface area contributed by atoms with E-state index in [1.165, 1.54) is 0 Å². The number of aliphatic hydroxyl groups is 1. The minimum Gasteiger partial charge on any atom is -0.384 e. The Kier molecular flexibility index (Phi) is 3.35. The molecule has 0 saturated heterocycles. The predicted molar refractivity (Wildman–Crippen MR) is 83.7 cm³/mol. The maximum absolute atomic E-state index is 11.9. The van der Waals surface area contributed by atoms with Gasteiger partial charge in [0.1, 0.15) is 6.10 Å². The van der Waals surface area contributed by atoms with Gasteiger partial charge in [-0.1, -0.05) is 29.8 Å². The number of rotatable bonds is 2. The number of halogens is 1. The second kappa shape index (κ2) is 5.06. The molecule has 0 radical (unpaired) electrons. The van der Waals surface area contributed by atoms with Gasteiger partial charge in [-0.05, 0) is 35.4 Å². The number of aromatic nitrogens is 2. The van der Waals surface area contributed by atoms with Crippen molar-refractivity contribution < 1.29 is 5.11 Å². The first-order valence-corrected chi connectivity index (χ1v) is 6.95. The number of hydrogen-bond donors (Lipinski definition) is 1. The molecule has 3 rings (SSSR count). The summed E-state index contributed by atoms with van der Waals surface area (Å²) in [5, 5.41) is 11.1. The van der Waals surface area contributed by atoms with E-state index in [4.69, 9.17) is 11.6 Å². The molecule has 1 atom stereocenters. The Labute approximate surface area is 126 Å². The molecule has 1 N–H and O–H groups in total. The molecule has 0 aliphatic carbocycles. The van der Waals surface area contributed by atoms with Crippen LogP contribution in [-0.4, -0.2) is 14.2 Å². The number of hydrogen-bond acceptors (Lipinski definition) is 2. The standard InChI is InChI=1S/C16H15ClN2O2/c1-18-13-7-6-11(9-14(13)19(2)16(18)21)15(20)10-4-3-5-12(17)8-10/h3-9,15,20H,1-2H3. The number of nitrogens with zero attached hydrogens (tertiary/aromatic N) is 2. The minimum absolute atomic E-state index is 0.0839. The van der Waals surface area contributed by atoms with Gasteiger partial charge < -0.3 is 5.11 Å². The van der Waals surface area contributed by atoms with Crippen LogP contribution in [0.2, 0.25) is 5.02 Å². The summed E-state index contributed by atoms with van der Waals surface area (Å²) in [7, 11) is 3.46. The average molecular weight is 303 g/mol. The molecule has 0 saturated carbocycles. The van der Waals surface area contributed by atoms with Crippen LogP contribution in [0.1, 0.15) is 17.2 Å². The van der Waals surface area contributed by atoms with Crippen LogP contribution in [0.4, 0.5) is 0 Å². The van der Waals surface area contributed by atoms with Gasteiger partial charge >= 0.3 is 5.69 Å². The summed E-state index contributed by atoms with van der Waals surface area (Å²) < 4.78 is 3.16. The number of fused-ring (bicyclic) bond motifs is 1. The van der Waals surface area contributed by atoms with Gasteiger partial charge in [0.25, 0.3) is 0 Å². The van der Waals surface area contributed by atoms with Gasteiger partial charge in [-0.2, -0.15) is 0 Å². The Morgan fingerprint density at radius 1 is 1.00 bits per heavy atom. The predicted octanol–water partition coefficient (Wildman–Crippen LogP) is 2.61. The molecule has 3 aromatic rings. The molecule has 0 bridgehead atoms. The molecule has 1 unspecified atom stereocenters. The van der Waals surface area contributed by atoms with Crippen molar-refractivity contribution in [2.24, 2.45) is 14.1 Å². The van der Waals surface area contributed by atoms with E-state index >= 15 is 0 Å². The number of imidazole rings is 1. The summed E-state index contributed by atoms with van der Waals surface area (Å²) >= 11 is 5.96. The van der Waals surface area contributed by atoms with Gasteiger partial charge in [0.15, 0.2) is 0 Å². The quantitative estimate of drug-likeness (QED) is 0.791. The maximum Gasteiger partial charge on any atom is 0.328 e. The summed E-state index contributed by atoms with van der Waals surface area (Å²) in [4.78, 5) is 11.9. The van der Waals surface area contributed by atoms with Gasteiger partial charge in [0, 0.05) is 19.1 Å². The van der Waals surface area contributed by atoms with Gasteiger partial charge in [-0.25, -0.2) is 4.79 Å². The highest BCUT2D eigenvalue weighted by atomic mass is 35.5. The van der Waals surface area contributed by atoms with Crippen molar-refractivity contribution in [3.63, 3.8) is 0 Å². The Balaban J connectivity index is 2.13. The first-order valence-electron chi connectivity index (χ1n) is 6.58. The Morgan fingerprint density at radius 2 is 1.67 bits per heavy atom. The second-order valence-electron chi connectivity index (χ2n) is 5.11. The summed E-state index contributed by atoms with van der Waals surface area (Å²) in [6, 6.07) is 12.6. The maximum atomic E-state index is 11.9. The van der Waals surface area contributed by atoms with Crippen molar-refractivity contribution in [2.45, 2.75) is 6.10 Å². The molecule has 5 heteroatoms. The average Bonchev–Trinajstić information content (AvgIpc) is 2.71. The molecule has 0 amide bonds. The summed E-state index contributed by atoms with van der Waals surface area (Å²) in [5.41, 5.74) is 3.00. The molecular weight excluding hydrogens is 288 g/mol. The van der Waals surface area contributed by atoms with Crippen LogP contribution in [0.3, 0.4) is 0 Å². The van der Waals surface area contributed by atoms with Crippen LogP contribution in [-0.2, 0) is 14.1 Å². The van der Waals surface area contributed by atoms with Crippen LogP contribution in [0, 0.1) is 0 Å². The van der Waals surface area contributed by atoms with E-state index in [0.717, 1.165) is 22.2 Å². The summed E-state index contributed by atoms with van der Waals surface area (Å²) in [5.74, 6) is 0. The zero-order valence-electron chi connectivity index (χ0n) is 11.7. The van der Waals surface area contributed by atoms with Crippen molar-refractivity contribution in [3.05, 3.63) is 69.1 Å². The van der Waals surface area contributed by atoms with Gasteiger partial charge in [-0.3, -0.25) is 9.13 Å². The third-order valence-corrected chi connectivity index (χ3v) is 4.01. The molecule has 1 aromatic heterocycles. The third-order valence-electron chi connectivity index (χ3n) is 3.78. The Bertz CT molecular complexity index is 880. The lowest BCUT2D eigenvalue weighted by Crippen LogP contribution is -2.19. The lowest BCUT2D eigenvalue weighted by atomic mass is 10.0. The zero-order valence-corrected chi connectivity index (χ0v) is 12.5. The van der Waals surface area contributed by atoms with Crippen molar-refractivity contribution in [3.8, 4) is 0 Å². The van der Waals surface area contributed by atoms with E-state index in [0.29, 0.717) is 5.02 Å². The fraction of sp³-hybridized carbons (Fsp3) is 0.188. The van der Waals surface area contributed by atoms with Crippen molar-refractivity contribution in [2.75, 3.05) is 0 Å². The highest BCUT2D eigenvalue weighted by molar-refractivity contribution is 6.30. The smallest absolute Gasteiger partial charge is 0.328 e. The van der Waals surface area contributed by atoms with E-state index in [1.807, 2.05) is 24.3 Å². The molecule has 0 fully saturated rings. The zero-order chi connectivity index (χ0) is 15.1. The Morgan fingerprint density at radius 3 is 2.38 bits per heavy atom. The molecule has 1 heterocycles. The summed E-state index contributed by atoms with van der Waals surface area (Å²) in [6.07, 6.45) is -0.775. The second-order valence-corrected chi connectivity index (χ2v) is 5.54. The molecular formula is C16H15ClN2O2. The molecule has 108 valence electrons. The van der Waals surface area contributed by atoms with E-state index in [2.05, 4.69) is 0 Å². The van der Waals surface area contributed by atoms with Gasteiger partial charge in [0.05, 0.1) is 11.0 Å². The lowest BCUT2D eigenvalue weighted by molar-refractivity contribution is 0.220. The Hall–Kier alpha value is -2.04. The van der Waals surface area contributed by atoms with Crippen LogP contribution in [0.25, 0.3) is 11.0 Å². The van der Waals surface area contributed by atoms with E-state index in [9.17, 15) is 9.90 Å². The van der Waals surface area contributed by atoms with E-state index in [-0.39, 0.29) is 5.69 Å². The molecule has 0 aliphatic heterocycles. The van der Waals surface area contributed by atoms with Gasteiger partial charge in [-0.15, -0.1) is 0 Å². The topological polar surface area (TPSA) is 47.2 Å².